The average molecular weight is 442 g/mol. The Morgan fingerprint density at radius 1 is 0.613 bits per heavy atom. The van der Waals surface area contributed by atoms with Gasteiger partial charge in [-0.15, -0.1) is 0 Å². The smallest absolute Gasteiger partial charge is 0.410 e. The molecule has 31 heavy (non-hydrogen) atoms. The highest BCUT2D eigenvalue weighted by Crippen LogP contribution is 2.13. The number of amides is 1. The Hall–Kier alpha value is -1.26. The van der Waals surface area contributed by atoms with E-state index in [2.05, 4.69) is 6.92 Å². The Morgan fingerprint density at radius 3 is 1.45 bits per heavy atom. The first-order valence-electron chi connectivity index (χ1n) is 13.1. The van der Waals surface area contributed by atoms with Crippen LogP contribution in [0.2, 0.25) is 0 Å². The lowest BCUT2D eigenvalue weighted by Gasteiger charge is -2.22. The molecule has 0 aromatic heterocycles. The average Bonchev–Trinajstić information content (AvgIpc) is 2.77. The fraction of sp³-hybridized carbons (Fsp3) is 0.923. The lowest BCUT2D eigenvalue weighted by Crippen LogP contribution is -2.41. The van der Waals surface area contributed by atoms with Crippen LogP contribution in [0.4, 0.5) is 4.79 Å². The van der Waals surface area contributed by atoms with Crippen molar-refractivity contribution in [3.8, 4) is 0 Å². The van der Waals surface area contributed by atoms with Crippen molar-refractivity contribution < 1.29 is 19.1 Å². The predicted octanol–water partition coefficient (Wildman–Crippen LogP) is 7.66. The highest BCUT2D eigenvalue weighted by atomic mass is 16.6. The van der Waals surface area contributed by atoms with Gasteiger partial charge in [0.1, 0.15) is 6.04 Å². The molecular formula is C26H51NO4. The van der Waals surface area contributed by atoms with Gasteiger partial charge in [0.2, 0.25) is 0 Å². The van der Waals surface area contributed by atoms with Crippen LogP contribution in [-0.4, -0.2) is 43.3 Å². The van der Waals surface area contributed by atoms with Gasteiger partial charge in [0.05, 0.1) is 13.2 Å². The van der Waals surface area contributed by atoms with Gasteiger partial charge in [0, 0.05) is 7.05 Å². The first-order valence-corrected chi connectivity index (χ1v) is 13.1. The molecule has 1 unspecified atom stereocenters. The van der Waals surface area contributed by atoms with Crippen molar-refractivity contribution in [1.29, 1.82) is 0 Å². The van der Waals surface area contributed by atoms with E-state index in [4.69, 9.17) is 9.47 Å². The number of carbonyl (C=O) groups excluding carboxylic acids is 2. The Labute approximate surface area is 192 Å². The molecule has 0 heterocycles. The normalized spacial score (nSPS) is 11.9. The minimum Gasteiger partial charge on any atom is -0.464 e. The van der Waals surface area contributed by atoms with E-state index in [-0.39, 0.29) is 5.97 Å². The van der Waals surface area contributed by atoms with Crippen LogP contribution in [0.1, 0.15) is 130 Å². The molecule has 5 nitrogen and oxygen atoms in total. The summed E-state index contributed by atoms with van der Waals surface area (Å²) in [6.07, 6.45) is 21.0. The molecule has 0 radical (unpaired) electrons. The second-order valence-corrected chi connectivity index (χ2v) is 8.87. The summed E-state index contributed by atoms with van der Waals surface area (Å²) in [7, 11) is 1.58. The Bertz CT molecular complexity index is 428. The van der Waals surface area contributed by atoms with Gasteiger partial charge in [0.25, 0.3) is 0 Å². The SMILES string of the molecule is CCCCCCCCCCCCCCCCCOC(=O)C(C)N(C)C(=O)OCCCC. The molecule has 0 rings (SSSR count). The van der Waals surface area contributed by atoms with Gasteiger partial charge >= 0.3 is 12.1 Å². The summed E-state index contributed by atoms with van der Waals surface area (Å²) in [5.74, 6) is -0.361. The predicted molar refractivity (Wildman–Crippen MR) is 129 cm³/mol. The van der Waals surface area contributed by atoms with E-state index in [0.29, 0.717) is 13.2 Å². The van der Waals surface area contributed by atoms with Crippen LogP contribution in [0.15, 0.2) is 0 Å². The van der Waals surface area contributed by atoms with E-state index in [1.807, 2.05) is 6.92 Å². The minimum atomic E-state index is -0.620. The van der Waals surface area contributed by atoms with Crippen LogP contribution in [0.25, 0.3) is 0 Å². The van der Waals surface area contributed by atoms with Crippen LogP contribution in [0.3, 0.4) is 0 Å². The molecule has 0 fully saturated rings. The third-order valence-electron chi connectivity index (χ3n) is 5.93. The van der Waals surface area contributed by atoms with E-state index in [9.17, 15) is 9.59 Å². The van der Waals surface area contributed by atoms with Crippen LogP contribution in [0, 0.1) is 0 Å². The summed E-state index contributed by atoms with van der Waals surface area (Å²) in [4.78, 5) is 25.3. The maximum atomic E-state index is 12.1. The van der Waals surface area contributed by atoms with Crippen molar-refractivity contribution >= 4 is 12.1 Å². The first-order chi connectivity index (χ1) is 15.0. The maximum absolute atomic E-state index is 12.1. The maximum Gasteiger partial charge on any atom is 0.410 e. The quantitative estimate of drug-likeness (QED) is 0.135. The molecule has 0 aliphatic carbocycles. The number of hydrogen-bond donors (Lipinski definition) is 0. The molecular weight excluding hydrogens is 390 g/mol. The number of likely N-dealkylation sites (N-methyl/N-ethyl adjacent to an activating group) is 1. The fourth-order valence-electron chi connectivity index (χ4n) is 3.49. The van der Waals surface area contributed by atoms with Crippen molar-refractivity contribution in [3.63, 3.8) is 0 Å². The largest absolute Gasteiger partial charge is 0.464 e. The summed E-state index contributed by atoms with van der Waals surface area (Å²) in [6, 6.07) is -0.620. The van der Waals surface area contributed by atoms with Crippen LogP contribution in [-0.2, 0) is 14.3 Å². The van der Waals surface area contributed by atoms with Crippen molar-refractivity contribution in [2.24, 2.45) is 0 Å². The van der Waals surface area contributed by atoms with Crippen LogP contribution in [0.5, 0.6) is 0 Å². The van der Waals surface area contributed by atoms with E-state index in [1.165, 1.54) is 88.4 Å². The molecule has 1 atom stereocenters. The molecule has 0 saturated carbocycles. The van der Waals surface area contributed by atoms with Gasteiger partial charge in [-0.3, -0.25) is 4.90 Å². The zero-order chi connectivity index (χ0) is 23.2. The molecule has 0 spiro atoms. The molecule has 0 aromatic rings. The highest BCUT2D eigenvalue weighted by Gasteiger charge is 2.24. The van der Waals surface area contributed by atoms with E-state index >= 15 is 0 Å². The third kappa shape index (κ3) is 18.1. The van der Waals surface area contributed by atoms with Crippen LogP contribution < -0.4 is 0 Å². The van der Waals surface area contributed by atoms with Gasteiger partial charge in [-0.25, -0.2) is 9.59 Å². The summed E-state index contributed by atoms with van der Waals surface area (Å²) in [5, 5.41) is 0. The van der Waals surface area contributed by atoms with E-state index < -0.39 is 12.1 Å². The number of carbonyl (C=O) groups is 2. The molecule has 0 aliphatic heterocycles. The zero-order valence-corrected chi connectivity index (χ0v) is 21.1. The number of hydrogen-bond acceptors (Lipinski definition) is 4. The Balaban J connectivity index is 3.47. The number of esters is 1. The summed E-state index contributed by atoms with van der Waals surface area (Å²) in [5.41, 5.74) is 0. The molecule has 0 bridgehead atoms. The summed E-state index contributed by atoms with van der Waals surface area (Å²) in [6.45, 7) is 6.80. The number of ether oxygens (including phenoxy) is 2. The van der Waals surface area contributed by atoms with Crippen molar-refractivity contribution in [2.75, 3.05) is 20.3 Å². The molecule has 0 aliphatic rings. The van der Waals surface area contributed by atoms with Crippen LogP contribution >= 0.6 is 0 Å². The molecule has 0 N–H and O–H groups in total. The van der Waals surface area contributed by atoms with Gasteiger partial charge < -0.3 is 9.47 Å². The lowest BCUT2D eigenvalue weighted by molar-refractivity contribution is -0.148. The Morgan fingerprint density at radius 2 is 1.00 bits per heavy atom. The van der Waals surface area contributed by atoms with Gasteiger partial charge in [0.15, 0.2) is 0 Å². The molecule has 0 aromatic carbocycles. The van der Waals surface area contributed by atoms with Crippen molar-refractivity contribution in [3.05, 3.63) is 0 Å². The zero-order valence-electron chi connectivity index (χ0n) is 21.1. The molecule has 1 amide bonds. The van der Waals surface area contributed by atoms with Gasteiger partial charge in [-0.1, -0.05) is 110 Å². The lowest BCUT2D eigenvalue weighted by atomic mass is 10.0. The third-order valence-corrected chi connectivity index (χ3v) is 5.93. The molecule has 5 heteroatoms. The topological polar surface area (TPSA) is 55.8 Å². The summed E-state index contributed by atoms with van der Waals surface area (Å²) < 4.78 is 10.5. The second-order valence-electron chi connectivity index (χ2n) is 8.87. The monoisotopic (exact) mass is 441 g/mol. The second kappa shape index (κ2) is 22.0. The van der Waals surface area contributed by atoms with E-state index in [0.717, 1.165) is 25.7 Å². The van der Waals surface area contributed by atoms with Gasteiger partial charge in [-0.05, 0) is 19.8 Å². The van der Waals surface area contributed by atoms with Gasteiger partial charge in [-0.2, -0.15) is 0 Å². The fourth-order valence-corrected chi connectivity index (χ4v) is 3.49. The first kappa shape index (κ1) is 29.7. The minimum absolute atomic E-state index is 0.361. The standard InChI is InChI=1S/C26H51NO4/c1-5-7-9-10-11-12-13-14-15-16-17-18-19-20-21-23-30-25(28)24(3)27(4)26(29)31-22-8-6-2/h24H,5-23H2,1-4H3. The van der Waals surface area contributed by atoms with Crippen molar-refractivity contribution in [2.45, 2.75) is 136 Å². The van der Waals surface area contributed by atoms with E-state index in [1.54, 1.807) is 14.0 Å². The highest BCUT2D eigenvalue weighted by molar-refractivity contribution is 5.80. The van der Waals surface area contributed by atoms with Crippen molar-refractivity contribution in [1.82, 2.24) is 4.90 Å². The Kier molecular flexibility index (Phi) is 21.1. The summed E-state index contributed by atoms with van der Waals surface area (Å²) >= 11 is 0. The number of nitrogens with zero attached hydrogens (tertiary/aromatic N) is 1. The molecule has 0 saturated heterocycles. The number of unbranched alkanes of at least 4 members (excludes halogenated alkanes) is 15. The number of rotatable bonds is 21. The molecule has 184 valence electrons.